The summed E-state index contributed by atoms with van der Waals surface area (Å²) in [5.74, 6) is 0.496. The fraction of sp³-hybridized carbons (Fsp3) is 0.143. The third-order valence-electron chi connectivity index (χ3n) is 3.11. The Morgan fingerprint density at radius 1 is 1.22 bits per heavy atom. The molecule has 0 unspecified atom stereocenters. The molecule has 0 bridgehead atoms. The van der Waals surface area contributed by atoms with Crippen LogP contribution in [0.4, 0.5) is 11.4 Å². The van der Waals surface area contributed by atoms with Gasteiger partial charge in [-0.1, -0.05) is 6.07 Å². The van der Waals surface area contributed by atoms with Crippen molar-refractivity contribution in [1.82, 2.24) is 0 Å². The van der Waals surface area contributed by atoms with Crippen LogP contribution in [0.15, 0.2) is 45.8 Å². The lowest BCUT2D eigenvalue weighted by Gasteiger charge is -2.11. The molecule has 2 aromatic rings. The molecule has 0 atom stereocenters. The number of sulfonamides is 1. The van der Waals surface area contributed by atoms with Crippen molar-refractivity contribution in [1.29, 1.82) is 0 Å². The van der Waals surface area contributed by atoms with Crippen molar-refractivity contribution >= 4 is 37.3 Å². The van der Waals surface area contributed by atoms with E-state index in [9.17, 15) is 18.5 Å². The smallest absolute Gasteiger partial charge is 0.271 e. The van der Waals surface area contributed by atoms with Gasteiger partial charge < -0.3 is 4.74 Å². The molecule has 0 spiro atoms. The normalized spacial score (nSPS) is 11.1. The number of halogens is 1. The van der Waals surface area contributed by atoms with Gasteiger partial charge in [-0.05, 0) is 46.6 Å². The van der Waals surface area contributed by atoms with Gasteiger partial charge in [-0.2, -0.15) is 0 Å². The molecular weight excluding hydrogens is 388 g/mol. The average Bonchev–Trinajstić information content (AvgIpc) is 2.49. The molecule has 9 heteroatoms. The Balaban J connectivity index is 2.40. The Labute approximate surface area is 141 Å². The number of anilines is 1. The molecule has 0 aromatic heterocycles. The molecule has 0 radical (unpaired) electrons. The summed E-state index contributed by atoms with van der Waals surface area (Å²) in [6.45, 7) is 1.66. The van der Waals surface area contributed by atoms with E-state index in [0.717, 1.165) is 0 Å². The molecule has 23 heavy (non-hydrogen) atoms. The van der Waals surface area contributed by atoms with Crippen LogP contribution in [0.1, 0.15) is 5.56 Å². The minimum Gasteiger partial charge on any atom is -0.496 e. The summed E-state index contributed by atoms with van der Waals surface area (Å²) in [5.41, 5.74) is 0.544. The molecule has 2 aromatic carbocycles. The zero-order valence-electron chi connectivity index (χ0n) is 12.2. The maximum atomic E-state index is 12.4. The fourth-order valence-electron chi connectivity index (χ4n) is 1.85. The number of rotatable bonds is 5. The van der Waals surface area contributed by atoms with Gasteiger partial charge in [0.05, 0.1) is 27.1 Å². The first-order valence-corrected chi connectivity index (χ1v) is 8.63. The highest BCUT2D eigenvalue weighted by atomic mass is 79.9. The monoisotopic (exact) mass is 400 g/mol. The SMILES string of the molecule is COc1ccc(S(=O)(=O)Nc2cc([N+](=O)[O-])ccc2C)cc1Br. The first-order chi connectivity index (χ1) is 10.7. The summed E-state index contributed by atoms with van der Waals surface area (Å²) in [7, 11) is -2.41. The molecule has 0 heterocycles. The molecule has 0 saturated carbocycles. The van der Waals surface area contributed by atoms with E-state index in [1.807, 2.05) is 0 Å². The Morgan fingerprint density at radius 2 is 1.91 bits per heavy atom. The quantitative estimate of drug-likeness (QED) is 0.611. The van der Waals surface area contributed by atoms with E-state index in [4.69, 9.17) is 4.74 Å². The number of ether oxygens (including phenoxy) is 1. The van der Waals surface area contributed by atoms with Crippen molar-refractivity contribution in [2.45, 2.75) is 11.8 Å². The van der Waals surface area contributed by atoms with Crippen LogP contribution >= 0.6 is 15.9 Å². The molecule has 1 N–H and O–H groups in total. The molecule has 7 nitrogen and oxygen atoms in total. The molecular formula is C14H13BrN2O5S. The van der Waals surface area contributed by atoms with Gasteiger partial charge in [0.1, 0.15) is 5.75 Å². The number of nitro groups is 1. The molecule has 0 aliphatic heterocycles. The second-order valence-electron chi connectivity index (χ2n) is 4.66. The molecule has 0 fully saturated rings. The summed E-state index contributed by atoms with van der Waals surface area (Å²) >= 11 is 3.22. The topological polar surface area (TPSA) is 98.5 Å². The highest BCUT2D eigenvalue weighted by Crippen LogP contribution is 2.29. The minimum absolute atomic E-state index is 0.0103. The van der Waals surface area contributed by atoms with Crippen molar-refractivity contribution < 1.29 is 18.1 Å². The van der Waals surface area contributed by atoms with Crippen molar-refractivity contribution in [2.24, 2.45) is 0 Å². The number of hydrogen-bond acceptors (Lipinski definition) is 5. The Kier molecular flexibility index (Phi) is 4.90. The highest BCUT2D eigenvalue weighted by molar-refractivity contribution is 9.10. The van der Waals surface area contributed by atoms with E-state index in [0.29, 0.717) is 15.8 Å². The number of nitrogens with one attached hydrogen (secondary N) is 1. The number of nitrogens with zero attached hydrogens (tertiary/aromatic N) is 1. The number of hydrogen-bond donors (Lipinski definition) is 1. The van der Waals surface area contributed by atoms with Crippen molar-refractivity contribution in [3.8, 4) is 5.75 Å². The van der Waals surface area contributed by atoms with Gasteiger partial charge >= 0.3 is 0 Å². The maximum Gasteiger partial charge on any atom is 0.271 e. The molecule has 0 amide bonds. The number of aryl methyl sites for hydroxylation is 1. The van der Waals surface area contributed by atoms with Gasteiger partial charge in [0.2, 0.25) is 0 Å². The Hall–Kier alpha value is -2.13. The largest absolute Gasteiger partial charge is 0.496 e. The van der Waals surface area contributed by atoms with E-state index < -0.39 is 14.9 Å². The lowest BCUT2D eigenvalue weighted by atomic mass is 10.2. The van der Waals surface area contributed by atoms with Crippen LogP contribution in [0.5, 0.6) is 5.75 Å². The summed E-state index contributed by atoms with van der Waals surface area (Å²) in [5, 5.41) is 10.8. The number of methoxy groups -OCH3 is 1. The second-order valence-corrected chi connectivity index (χ2v) is 7.19. The number of non-ortho nitro benzene ring substituents is 1. The zero-order valence-corrected chi connectivity index (χ0v) is 14.6. The van der Waals surface area contributed by atoms with E-state index in [1.54, 1.807) is 6.92 Å². The lowest BCUT2D eigenvalue weighted by Crippen LogP contribution is -2.14. The van der Waals surface area contributed by atoms with Gasteiger partial charge in [-0.15, -0.1) is 0 Å². The van der Waals surface area contributed by atoms with Crippen molar-refractivity contribution in [3.05, 3.63) is 56.5 Å². The summed E-state index contributed by atoms with van der Waals surface area (Å²) < 4.78 is 32.8. The molecule has 0 aliphatic carbocycles. The standard InChI is InChI=1S/C14H13BrN2O5S/c1-9-3-4-10(17(18)19)7-13(9)16-23(20,21)11-5-6-14(22-2)12(15)8-11/h3-8,16H,1-2H3. The van der Waals surface area contributed by atoms with E-state index in [2.05, 4.69) is 20.7 Å². The van der Waals surface area contributed by atoms with Crippen LogP contribution in [-0.4, -0.2) is 20.5 Å². The molecule has 0 aliphatic rings. The first-order valence-electron chi connectivity index (χ1n) is 6.36. The van der Waals surface area contributed by atoms with Crippen molar-refractivity contribution in [2.75, 3.05) is 11.8 Å². The molecule has 122 valence electrons. The Morgan fingerprint density at radius 3 is 2.48 bits per heavy atom. The second kappa shape index (κ2) is 6.55. The predicted molar refractivity (Wildman–Crippen MR) is 89.3 cm³/mol. The van der Waals surface area contributed by atoms with Crippen LogP contribution in [0.2, 0.25) is 0 Å². The van der Waals surface area contributed by atoms with Gasteiger partial charge in [-0.25, -0.2) is 8.42 Å². The summed E-state index contributed by atoms with van der Waals surface area (Å²) in [4.78, 5) is 10.3. The predicted octanol–water partition coefficient (Wildman–Crippen LogP) is 3.48. The minimum atomic E-state index is -3.88. The molecule has 0 saturated heterocycles. The van der Waals surface area contributed by atoms with Crippen LogP contribution in [0.3, 0.4) is 0 Å². The van der Waals surface area contributed by atoms with Gasteiger partial charge in [0.15, 0.2) is 0 Å². The highest BCUT2D eigenvalue weighted by Gasteiger charge is 2.18. The van der Waals surface area contributed by atoms with Crippen LogP contribution in [0, 0.1) is 17.0 Å². The van der Waals surface area contributed by atoms with Crippen LogP contribution < -0.4 is 9.46 Å². The third-order valence-corrected chi connectivity index (χ3v) is 5.09. The van der Waals surface area contributed by atoms with Crippen molar-refractivity contribution in [3.63, 3.8) is 0 Å². The van der Waals surface area contributed by atoms with Gasteiger partial charge in [0.25, 0.3) is 15.7 Å². The fourth-order valence-corrected chi connectivity index (χ4v) is 3.69. The van der Waals surface area contributed by atoms with Gasteiger partial charge in [0, 0.05) is 12.1 Å². The van der Waals surface area contributed by atoms with Crippen LogP contribution in [0.25, 0.3) is 0 Å². The van der Waals surface area contributed by atoms with E-state index in [-0.39, 0.29) is 16.3 Å². The lowest BCUT2D eigenvalue weighted by molar-refractivity contribution is -0.384. The third kappa shape index (κ3) is 3.80. The summed E-state index contributed by atoms with van der Waals surface area (Å²) in [6, 6.07) is 8.29. The zero-order chi connectivity index (χ0) is 17.2. The summed E-state index contributed by atoms with van der Waals surface area (Å²) in [6.07, 6.45) is 0. The van der Waals surface area contributed by atoms with E-state index in [1.165, 1.54) is 43.5 Å². The average molecular weight is 401 g/mol. The van der Waals surface area contributed by atoms with Crippen LogP contribution in [-0.2, 0) is 10.0 Å². The first kappa shape index (κ1) is 17.2. The maximum absolute atomic E-state index is 12.4. The number of benzene rings is 2. The molecule has 2 rings (SSSR count). The Bertz CT molecular complexity index is 867. The number of nitro benzene ring substituents is 1. The van der Waals surface area contributed by atoms with Gasteiger partial charge in [-0.3, -0.25) is 14.8 Å². The van der Waals surface area contributed by atoms with E-state index >= 15 is 0 Å².